The van der Waals surface area contributed by atoms with Crippen molar-refractivity contribution in [3.8, 4) is 5.75 Å². The summed E-state index contributed by atoms with van der Waals surface area (Å²) in [5.74, 6) is 0.471. The van der Waals surface area contributed by atoms with Crippen molar-refractivity contribution in [1.82, 2.24) is 4.90 Å². The van der Waals surface area contributed by atoms with Crippen LogP contribution in [0.25, 0.3) is 0 Å². The molecule has 24 heavy (non-hydrogen) atoms. The SMILES string of the molecule is CC[C@@]12CCCN3C(=O)C[C@H]4c5cc(O)ccc5N(C(=O)CC1)C432. The summed E-state index contributed by atoms with van der Waals surface area (Å²) in [6, 6.07) is 5.28. The number of hydrogen-bond donors (Lipinski definition) is 1. The Bertz CT molecular complexity index is 776. The van der Waals surface area contributed by atoms with Crippen LogP contribution in [0, 0.1) is 5.41 Å². The second-order valence-corrected chi connectivity index (χ2v) is 7.74. The van der Waals surface area contributed by atoms with Crippen molar-refractivity contribution in [3.05, 3.63) is 23.8 Å². The van der Waals surface area contributed by atoms with Gasteiger partial charge in [0.15, 0.2) is 0 Å². The number of fused-ring (bicyclic) bond motifs is 3. The molecule has 1 aromatic carbocycles. The van der Waals surface area contributed by atoms with Crippen molar-refractivity contribution in [2.45, 2.75) is 57.0 Å². The highest BCUT2D eigenvalue weighted by Crippen LogP contribution is 2.68. The second-order valence-electron chi connectivity index (χ2n) is 7.74. The molecule has 0 saturated carbocycles. The van der Waals surface area contributed by atoms with Gasteiger partial charge in [-0.15, -0.1) is 0 Å². The van der Waals surface area contributed by atoms with Gasteiger partial charge in [0.25, 0.3) is 0 Å². The van der Waals surface area contributed by atoms with Crippen molar-refractivity contribution in [2.24, 2.45) is 5.41 Å². The van der Waals surface area contributed by atoms with Gasteiger partial charge in [0.05, 0.1) is 5.69 Å². The lowest BCUT2D eigenvalue weighted by Gasteiger charge is -2.62. The zero-order valence-electron chi connectivity index (χ0n) is 13.9. The first kappa shape index (κ1) is 14.3. The van der Waals surface area contributed by atoms with E-state index in [1.54, 1.807) is 12.1 Å². The summed E-state index contributed by atoms with van der Waals surface area (Å²) < 4.78 is 0. The largest absolute Gasteiger partial charge is 0.508 e. The third-order valence-corrected chi connectivity index (χ3v) is 7.11. The Hall–Kier alpha value is -2.04. The molecule has 4 heterocycles. The number of anilines is 1. The molecule has 1 N–H and O–H groups in total. The van der Waals surface area contributed by atoms with E-state index in [9.17, 15) is 14.7 Å². The first-order valence-corrected chi connectivity index (χ1v) is 9.01. The molecule has 1 unspecified atom stereocenters. The highest BCUT2D eigenvalue weighted by Gasteiger charge is 2.73. The molecule has 126 valence electrons. The molecule has 3 atom stereocenters. The number of phenols is 1. The zero-order valence-corrected chi connectivity index (χ0v) is 13.9. The fourth-order valence-electron chi connectivity index (χ4n) is 6.27. The van der Waals surface area contributed by atoms with E-state index in [2.05, 4.69) is 6.92 Å². The van der Waals surface area contributed by atoms with Crippen molar-refractivity contribution < 1.29 is 14.7 Å². The molecule has 3 fully saturated rings. The van der Waals surface area contributed by atoms with Crippen LogP contribution in [-0.2, 0) is 9.59 Å². The van der Waals surface area contributed by atoms with Crippen molar-refractivity contribution in [1.29, 1.82) is 0 Å². The average Bonchev–Trinajstić information content (AvgIpc) is 3.02. The molecule has 3 saturated heterocycles. The van der Waals surface area contributed by atoms with Crippen LogP contribution in [-0.4, -0.2) is 34.0 Å². The summed E-state index contributed by atoms with van der Waals surface area (Å²) in [5, 5.41) is 10.0. The van der Waals surface area contributed by atoms with Gasteiger partial charge in [-0.05, 0) is 49.4 Å². The van der Waals surface area contributed by atoms with Crippen LogP contribution in [0.2, 0.25) is 0 Å². The molecular weight excluding hydrogens is 304 g/mol. The molecule has 5 rings (SSSR count). The summed E-state index contributed by atoms with van der Waals surface area (Å²) >= 11 is 0. The van der Waals surface area contributed by atoms with Gasteiger partial charge in [0.2, 0.25) is 11.8 Å². The van der Waals surface area contributed by atoms with E-state index in [0.717, 1.165) is 43.5 Å². The number of carbonyl (C=O) groups is 2. The number of amides is 2. The molecule has 0 aromatic heterocycles. The molecule has 2 amide bonds. The lowest BCUT2D eigenvalue weighted by atomic mass is 9.59. The van der Waals surface area contributed by atoms with Crippen LogP contribution in [0.3, 0.4) is 0 Å². The van der Waals surface area contributed by atoms with Gasteiger partial charge >= 0.3 is 0 Å². The normalized spacial score (nSPS) is 36.6. The highest BCUT2D eigenvalue weighted by molar-refractivity contribution is 6.02. The third kappa shape index (κ3) is 1.31. The Morgan fingerprint density at radius 3 is 2.88 bits per heavy atom. The number of rotatable bonds is 1. The van der Waals surface area contributed by atoms with Crippen LogP contribution < -0.4 is 4.90 Å². The van der Waals surface area contributed by atoms with Gasteiger partial charge in [-0.2, -0.15) is 0 Å². The summed E-state index contributed by atoms with van der Waals surface area (Å²) in [4.78, 5) is 29.8. The van der Waals surface area contributed by atoms with Crippen molar-refractivity contribution >= 4 is 17.5 Å². The predicted octanol–water partition coefficient (Wildman–Crippen LogP) is 2.74. The number of aromatic hydroxyl groups is 1. The van der Waals surface area contributed by atoms with E-state index >= 15 is 0 Å². The Labute approximate surface area is 141 Å². The second kappa shape index (κ2) is 4.32. The first-order chi connectivity index (χ1) is 11.5. The molecular formula is C19H22N2O3. The van der Waals surface area contributed by atoms with Crippen LogP contribution in [0.4, 0.5) is 5.69 Å². The number of piperidine rings is 2. The van der Waals surface area contributed by atoms with Gasteiger partial charge in [-0.25, -0.2) is 0 Å². The minimum atomic E-state index is -0.539. The predicted molar refractivity (Wildman–Crippen MR) is 88.6 cm³/mol. The van der Waals surface area contributed by atoms with E-state index in [1.165, 1.54) is 0 Å². The quantitative estimate of drug-likeness (QED) is 0.863. The van der Waals surface area contributed by atoms with Crippen LogP contribution >= 0.6 is 0 Å². The fourth-order valence-corrected chi connectivity index (χ4v) is 6.27. The lowest BCUT2D eigenvalue weighted by Crippen LogP contribution is -2.73. The van der Waals surface area contributed by atoms with Gasteiger partial charge in [0, 0.05) is 30.7 Å². The van der Waals surface area contributed by atoms with Crippen molar-refractivity contribution in [3.63, 3.8) is 0 Å². The van der Waals surface area contributed by atoms with E-state index in [4.69, 9.17) is 0 Å². The molecule has 5 nitrogen and oxygen atoms in total. The van der Waals surface area contributed by atoms with Gasteiger partial charge in [-0.1, -0.05) is 6.92 Å². The molecule has 4 aliphatic rings. The minimum absolute atomic E-state index is 0.0170. The topological polar surface area (TPSA) is 60.9 Å². The molecule has 0 radical (unpaired) electrons. The number of nitrogens with zero attached hydrogens (tertiary/aromatic N) is 2. The molecule has 1 aromatic rings. The maximum atomic E-state index is 13.0. The molecule has 5 heteroatoms. The highest BCUT2D eigenvalue weighted by atomic mass is 16.3. The molecule has 0 bridgehead atoms. The van der Waals surface area contributed by atoms with Gasteiger partial charge in [-0.3, -0.25) is 14.5 Å². The zero-order chi connectivity index (χ0) is 16.7. The van der Waals surface area contributed by atoms with E-state index < -0.39 is 5.66 Å². The Morgan fingerprint density at radius 2 is 2.08 bits per heavy atom. The summed E-state index contributed by atoms with van der Waals surface area (Å²) in [6.07, 6.45) is 4.90. The standard InChI is InChI=1S/C19H22N2O3/c1-2-18-7-3-9-20-17(24)11-14-13-10-12(22)4-5-15(13)21(19(14,18)20)16(23)6-8-18/h4-5,10,14,22H,2-3,6-9,11H2,1H3/t14-,18+,19?/m0/s1. The van der Waals surface area contributed by atoms with Crippen LogP contribution in [0.5, 0.6) is 5.75 Å². The monoisotopic (exact) mass is 326 g/mol. The lowest BCUT2D eigenvalue weighted by molar-refractivity contribution is -0.150. The minimum Gasteiger partial charge on any atom is -0.508 e. The van der Waals surface area contributed by atoms with Gasteiger partial charge < -0.3 is 10.0 Å². The van der Waals surface area contributed by atoms with E-state index in [1.807, 2.05) is 15.9 Å². The third-order valence-electron chi connectivity index (χ3n) is 7.11. The smallest absolute Gasteiger partial charge is 0.228 e. The van der Waals surface area contributed by atoms with Crippen molar-refractivity contribution in [2.75, 3.05) is 11.4 Å². The number of benzene rings is 1. The Morgan fingerprint density at radius 1 is 1.25 bits per heavy atom. The Kier molecular flexibility index (Phi) is 2.58. The van der Waals surface area contributed by atoms with Crippen LogP contribution in [0.1, 0.15) is 56.9 Å². The maximum absolute atomic E-state index is 13.0. The summed E-state index contributed by atoms with van der Waals surface area (Å²) in [6.45, 7) is 2.94. The fraction of sp³-hybridized carbons (Fsp3) is 0.579. The molecule has 0 aliphatic carbocycles. The van der Waals surface area contributed by atoms with E-state index in [0.29, 0.717) is 12.8 Å². The number of carbonyl (C=O) groups excluding carboxylic acids is 2. The molecule has 1 spiro atoms. The molecule has 4 aliphatic heterocycles. The maximum Gasteiger partial charge on any atom is 0.228 e. The van der Waals surface area contributed by atoms with Gasteiger partial charge in [0.1, 0.15) is 11.4 Å². The summed E-state index contributed by atoms with van der Waals surface area (Å²) in [5.41, 5.74) is 1.30. The summed E-state index contributed by atoms with van der Waals surface area (Å²) in [7, 11) is 0. The van der Waals surface area contributed by atoms with E-state index in [-0.39, 0.29) is 28.9 Å². The average molecular weight is 326 g/mol. The number of phenolic OH excluding ortho intramolecular Hbond substituents is 1. The Balaban J connectivity index is 1.84. The van der Waals surface area contributed by atoms with Crippen LogP contribution in [0.15, 0.2) is 18.2 Å². The number of hydrogen-bond acceptors (Lipinski definition) is 3. The first-order valence-electron chi connectivity index (χ1n) is 9.01.